The summed E-state index contributed by atoms with van der Waals surface area (Å²) in [6, 6.07) is 0. The third-order valence-corrected chi connectivity index (χ3v) is 3.72. The molecule has 0 aromatic carbocycles. The van der Waals surface area contributed by atoms with E-state index < -0.39 is 0 Å². The first-order valence-electron chi connectivity index (χ1n) is 6.56. The molecule has 1 aliphatic rings. The second-order valence-corrected chi connectivity index (χ2v) is 4.99. The van der Waals surface area contributed by atoms with Gasteiger partial charge in [-0.3, -0.25) is 0 Å². The lowest BCUT2D eigenvalue weighted by atomic mass is 9.75. The Labute approximate surface area is 98.8 Å². The summed E-state index contributed by atoms with van der Waals surface area (Å²) in [6.07, 6.45) is 7.75. The normalized spacial score (nSPS) is 19.9. The Balaban J connectivity index is 2.48. The zero-order valence-corrected chi connectivity index (χ0v) is 10.5. The fourth-order valence-electron chi connectivity index (χ4n) is 2.66. The van der Waals surface area contributed by atoms with E-state index >= 15 is 0 Å². The van der Waals surface area contributed by atoms with Crippen molar-refractivity contribution < 1.29 is 9.90 Å². The molecule has 1 rings (SSSR count). The molecule has 0 spiro atoms. The predicted molar refractivity (Wildman–Crippen MR) is 65.4 cm³/mol. The number of aliphatic hydroxyl groups is 1. The standard InChI is InChI=1S/C13H25NO2/c1-2-14(9-6-10-15)11-13(12-16)7-4-3-5-8-13/h12,15H,2-11H2,1H3. The molecule has 16 heavy (non-hydrogen) atoms. The number of aliphatic hydroxyl groups excluding tert-OH is 1. The molecule has 0 amide bonds. The predicted octanol–water partition coefficient (Wildman–Crippen LogP) is 1.84. The van der Waals surface area contributed by atoms with Gasteiger partial charge in [0, 0.05) is 25.1 Å². The number of nitrogens with zero attached hydrogens (tertiary/aromatic N) is 1. The number of aldehydes is 1. The summed E-state index contributed by atoms with van der Waals surface area (Å²) in [5.41, 5.74) is -0.0935. The molecule has 0 bridgehead atoms. The molecule has 1 fully saturated rings. The Kier molecular flexibility index (Phi) is 5.99. The number of carbonyl (C=O) groups excluding carboxylic acids is 1. The van der Waals surface area contributed by atoms with Gasteiger partial charge in [-0.25, -0.2) is 0 Å². The van der Waals surface area contributed by atoms with Gasteiger partial charge in [0.15, 0.2) is 0 Å². The first-order chi connectivity index (χ1) is 7.76. The molecule has 0 saturated heterocycles. The number of hydrogen-bond acceptors (Lipinski definition) is 3. The lowest BCUT2D eigenvalue weighted by molar-refractivity contribution is -0.119. The van der Waals surface area contributed by atoms with Crippen LogP contribution in [0.2, 0.25) is 0 Å². The van der Waals surface area contributed by atoms with Crippen LogP contribution in [0.3, 0.4) is 0 Å². The summed E-state index contributed by atoms with van der Waals surface area (Å²) in [4.78, 5) is 13.6. The van der Waals surface area contributed by atoms with Gasteiger partial charge in [-0.05, 0) is 25.8 Å². The molecule has 0 aromatic rings. The fraction of sp³-hybridized carbons (Fsp3) is 0.923. The van der Waals surface area contributed by atoms with Gasteiger partial charge in [0.1, 0.15) is 6.29 Å². The Bertz CT molecular complexity index is 200. The van der Waals surface area contributed by atoms with E-state index in [1.165, 1.54) is 25.5 Å². The SMILES string of the molecule is CCN(CCCO)CC1(C=O)CCCCC1. The summed E-state index contributed by atoms with van der Waals surface area (Å²) in [5.74, 6) is 0. The van der Waals surface area contributed by atoms with Crippen molar-refractivity contribution in [1.82, 2.24) is 4.90 Å². The van der Waals surface area contributed by atoms with Crippen LogP contribution in [0.4, 0.5) is 0 Å². The quantitative estimate of drug-likeness (QED) is 0.675. The molecular formula is C13H25NO2. The maximum absolute atomic E-state index is 11.3. The molecular weight excluding hydrogens is 202 g/mol. The van der Waals surface area contributed by atoms with Gasteiger partial charge >= 0.3 is 0 Å². The van der Waals surface area contributed by atoms with E-state index in [-0.39, 0.29) is 12.0 Å². The number of rotatable bonds is 7. The van der Waals surface area contributed by atoms with Gasteiger partial charge in [0.05, 0.1) is 0 Å². The zero-order valence-electron chi connectivity index (χ0n) is 10.5. The molecule has 0 aliphatic heterocycles. The van der Waals surface area contributed by atoms with Gasteiger partial charge in [0.2, 0.25) is 0 Å². The molecule has 3 nitrogen and oxygen atoms in total. The topological polar surface area (TPSA) is 40.5 Å². The van der Waals surface area contributed by atoms with E-state index in [1.807, 2.05) is 0 Å². The van der Waals surface area contributed by atoms with Crippen LogP contribution in [0.5, 0.6) is 0 Å². The van der Waals surface area contributed by atoms with E-state index in [4.69, 9.17) is 5.11 Å². The Hall–Kier alpha value is -0.410. The van der Waals surface area contributed by atoms with E-state index in [2.05, 4.69) is 11.8 Å². The van der Waals surface area contributed by atoms with Crippen molar-refractivity contribution in [2.24, 2.45) is 5.41 Å². The molecule has 1 aliphatic carbocycles. The second-order valence-electron chi connectivity index (χ2n) is 4.99. The van der Waals surface area contributed by atoms with Crippen LogP contribution in [0.1, 0.15) is 45.4 Å². The van der Waals surface area contributed by atoms with Gasteiger partial charge in [-0.1, -0.05) is 26.2 Å². The average molecular weight is 227 g/mol. The highest BCUT2D eigenvalue weighted by molar-refractivity contribution is 5.60. The van der Waals surface area contributed by atoms with Crippen molar-refractivity contribution in [3.63, 3.8) is 0 Å². The van der Waals surface area contributed by atoms with Crippen LogP contribution in [0, 0.1) is 5.41 Å². The van der Waals surface area contributed by atoms with Gasteiger partial charge in [-0.2, -0.15) is 0 Å². The van der Waals surface area contributed by atoms with Crippen molar-refractivity contribution in [3.8, 4) is 0 Å². The highest BCUT2D eigenvalue weighted by Crippen LogP contribution is 2.35. The summed E-state index contributed by atoms with van der Waals surface area (Å²) < 4.78 is 0. The highest BCUT2D eigenvalue weighted by Gasteiger charge is 2.33. The summed E-state index contributed by atoms with van der Waals surface area (Å²) >= 11 is 0. The Morgan fingerprint density at radius 1 is 1.31 bits per heavy atom. The third kappa shape index (κ3) is 3.87. The highest BCUT2D eigenvalue weighted by atomic mass is 16.3. The Morgan fingerprint density at radius 2 is 2.00 bits per heavy atom. The van der Waals surface area contributed by atoms with Crippen LogP contribution in [-0.4, -0.2) is 42.5 Å². The van der Waals surface area contributed by atoms with Crippen molar-refractivity contribution in [2.75, 3.05) is 26.2 Å². The van der Waals surface area contributed by atoms with Gasteiger partial charge in [-0.15, -0.1) is 0 Å². The van der Waals surface area contributed by atoms with Crippen molar-refractivity contribution in [2.45, 2.75) is 45.4 Å². The summed E-state index contributed by atoms with van der Waals surface area (Å²) in [6.45, 7) is 5.12. The van der Waals surface area contributed by atoms with Crippen LogP contribution >= 0.6 is 0 Å². The maximum atomic E-state index is 11.3. The molecule has 3 heteroatoms. The number of carbonyl (C=O) groups is 1. The largest absolute Gasteiger partial charge is 0.396 e. The van der Waals surface area contributed by atoms with E-state index in [9.17, 15) is 4.79 Å². The van der Waals surface area contributed by atoms with Gasteiger partial charge in [0.25, 0.3) is 0 Å². The molecule has 1 N–H and O–H groups in total. The minimum absolute atomic E-state index is 0.0935. The van der Waals surface area contributed by atoms with Crippen molar-refractivity contribution in [3.05, 3.63) is 0 Å². The Morgan fingerprint density at radius 3 is 2.50 bits per heavy atom. The lowest BCUT2D eigenvalue weighted by Crippen LogP contribution is -2.40. The average Bonchev–Trinajstić information content (AvgIpc) is 2.35. The van der Waals surface area contributed by atoms with E-state index in [0.717, 1.165) is 38.9 Å². The molecule has 1 saturated carbocycles. The first kappa shape index (κ1) is 13.7. The summed E-state index contributed by atoms with van der Waals surface area (Å²) in [7, 11) is 0. The van der Waals surface area contributed by atoms with Crippen LogP contribution < -0.4 is 0 Å². The smallest absolute Gasteiger partial charge is 0.127 e. The molecule has 0 aromatic heterocycles. The maximum Gasteiger partial charge on any atom is 0.127 e. The molecule has 0 heterocycles. The van der Waals surface area contributed by atoms with Crippen LogP contribution in [0.25, 0.3) is 0 Å². The minimum atomic E-state index is -0.0935. The summed E-state index contributed by atoms with van der Waals surface area (Å²) in [5, 5.41) is 8.84. The van der Waals surface area contributed by atoms with Crippen molar-refractivity contribution in [1.29, 1.82) is 0 Å². The molecule has 0 radical (unpaired) electrons. The monoisotopic (exact) mass is 227 g/mol. The fourth-order valence-corrected chi connectivity index (χ4v) is 2.66. The zero-order chi connectivity index (χ0) is 11.9. The van der Waals surface area contributed by atoms with E-state index in [1.54, 1.807) is 0 Å². The number of hydrogen-bond donors (Lipinski definition) is 1. The van der Waals surface area contributed by atoms with Crippen molar-refractivity contribution >= 4 is 6.29 Å². The van der Waals surface area contributed by atoms with E-state index in [0.29, 0.717) is 0 Å². The van der Waals surface area contributed by atoms with Crippen LogP contribution in [-0.2, 0) is 4.79 Å². The lowest BCUT2D eigenvalue weighted by Gasteiger charge is -2.36. The third-order valence-electron chi connectivity index (χ3n) is 3.72. The minimum Gasteiger partial charge on any atom is -0.396 e. The van der Waals surface area contributed by atoms with Gasteiger partial charge < -0.3 is 14.8 Å². The molecule has 94 valence electrons. The van der Waals surface area contributed by atoms with Crippen LogP contribution in [0.15, 0.2) is 0 Å². The second kappa shape index (κ2) is 7.02. The molecule has 0 atom stereocenters. The first-order valence-corrected chi connectivity index (χ1v) is 6.56. The molecule has 0 unspecified atom stereocenters.